The minimum Gasteiger partial charge on any atom is -0.478 e. The lowest BCUT2D eigenvalue weighted by Gasteiger charge is -2.09. The Labute approximate surface area is 88.4 Å². The van der Waals surface area contributed by atoms with Gasteiger partial charge in [-0.2, -0.15) is 0 Å². The lowest BCUT2D eigenvalue weighted by Crippen LogP contribution is -2.04. The van der Waals surface area contributed by atoms with E-state index in [1.54, 1.807) is 12.1 Å². The molecular formula is C11H14O4. The molecule has 4 nitrogen and oxygen atoms in total. The Kier molecular flexibility index (Phi) is 4.12. The normalized spacial score (nSPS) is 10.0. The Morgan fingerprint density at radius 3 is 2.80 bits per heavy atom. The summed E-state index contributed by atoms with van der Waals surface area (Å²) in [6.07, 6.45) is 0. The highest BCUT2D eigenvalue weighted by Gasteiger charge is 2.06. The zero-order valence-corrected chi connectivity index (χ0v) is 8.82. The van der Waals surface area contributed by atoms with E-state index in [1.165, 1.54) is 6.07 Å². The van der Waals surface area contributed by atoms with Gasteiger partial charge in [-0.3, -0.25) is 0 Å². The topological polar surface area (TPSA) is 55.8 Å². The van der Waals surface area contributed by atoms with Crippen molar-refractivity contribution < 1.29 is 19.4 Å². The molecule has 15 heavy (non-hydrogen) atoms. The third kappa shape index (κ3) is 3.25. The molecule has 0 heterocycles. The second-order valence-corrected chi connectivity index (χ2v) is 3.04. The van der Waals surface area contributed by atoms with Gasteiger partial charge in [-0.15, -0.1) is 0 Å². The second kappa shape index (κ2) is 5.36. The molecule has 0 saturated carbocycles. The molecule has 1 N–H and O–H groups in total. The fourth-order valence-corrected chi connectivity index (χ4v) is 1.08. The summed E-state index contributed by atoms with van der Waals surface area (Å²) in [5.41, 5.74) is 1.10. The van der Waals surface area contributed by atoms with Gasteiger partial charge in [0.05, 0.1) is 5.56 Å². The maximum atomic E-state index is 10.7. The molecule has 1 aromatic rings. The summed E-state index contributed by atoms with van der Waals surface area (Å²) in [4.78, 5) is 10.7. The van der Waals surface area contributed by atoms with Crippen LogP contribution in [0.5, 0.6) is 5.75 Å². The van der Waals surface area contributed by atoms with Gasteiger partial charge in [0.2, 0.25) is 0 Å². The third-order valence-electron chi connectivity index (χ3n) is 1.94. The molecule has 0 atom stereocenters. The molecule has 0 radical (unpaired) electrons. The zero-order chi connectivity index (χ0) is 11.3. The van der Waals surface area contributed by atoms with Gasteiger partial charge in [0.25, 0.3) is 0 Å². The molecular weight excluding hydrogens is 196 g/mol. The molecule has 0 fully saturated rings. The van der Waals surface area contributed by atoms with Gasteiger partial charge < -0.3 is 14.6 Å². The fourth-order valence-electron chi connectivity index (χ4n) is 1.08. The number of hydrogen-bond donors (Lipinski definition) is 1. The van der Waals surface area contributed by atoms with E-state index >= 15 is 0 Å². The van der Waals surface area contributed by atoms with Crippen molar-refractivity contribution in [1.82, 2.24) is 0 Å². The van der Waals surface area contributed by atoms with Crippen LogP contribution in [0, 0.1) is 6.92 Å². The highest BCUT2D eigenvalue weighted by atomic mass is 16.7. The molecule has 0 spiro atoms. The van der Waals surface area contributed by atoms with Crippen LogP contribution in [0.25, 0.3) is 0 Å². The first-order valence-corrected chi connectivity index (χ1v) is 4.69. The first-order chi connectivity index (χ1) is 7.15. The fraction of sp³-hybridized carbons (Fsp3) is 0.364. The van der Waals surface area contributed by atoms with Gasteiger partial charge in [-0.25, -0.2) is 4.79 Å². The Hall–Kier alpha value is -1.55. The molecule has 0 aliphatic heterocycles. The predicted octanol–water partition coefficient (Wildman–Crippen LogP) is 2.07. The summed E-state index contributed by atoms with van der Waals surface area (Å²) in [5.74, 6) is -0.417. The van der Waals surface area contributed by atoms with E-state index in [-0.39, 0.29) is 12.4 Å². The predicted molar refractivity (Wildman–Crippen MR) is 55.3 cm³/mol. The van der Waals surface area contributed by atoms with Crippen LogP contribution in [0.3, 0.4) is 0 Å². The Bertz CT molecular complexity index is 346. The van der Waals surface area contributed by atoms with E-state index in [0.29, 0.717) is 12.4 Å². The number of aryl methyl sites for hydroxylation is 1. The van der Waals surface area contributed by atoms with Crippen LogP contribution < -0.4 is 4.74 Å². The largest absolute Gasteiger partial charge is 0.478 e. The molecule has 0 aliphatic carbocycles. The van der Waals surface area contributed by atoms with Crippen molar-refractivity contribution in [1.29, 1.82) is 0 Å². The standard InChI is InChI=1S/C11H14O4/c1-3-14-7-15-10-6-9(11(12)13)5-4-8(10)2/h4-6H,3,7H2,1-2H3,(H,12,13). The summed E-state index contributed by atoms with van der Waals surface area (Å²) >= 11 is 0. The number of carboxylic acids is 1. The van der Waals surface area contributed by atoms with E-state index in [1.807, 2.05) is 13.8 Å². The Balaban J connectivity index is 2.76. The molecule has 0 unspecified atom stereocenters. The van der Waals surface area contributed by atoms with Gasteiger partial charge in [-0.1, -0.05) is 6.07 Å². The molecule has 82 valence electrons. The minimum atomic E-state index is -0.962. The number of hydrogen-bond acceptors (Lipinski definition) is 3. The van der Waals surface area contributed by atoms with E-state index in [0.717, 1.165) is 5.56 Å². The molecule has 4 heteroatoms. The molecule has 0 bridgehead atoms. The van der Waals surface area contributed by atoms with Gasteiger partial charge in [0, 0.05) is 6.61 Å². The molecule has 0 amide bonds. The van der Waals surface area contributed by atoms with Crippen molar-refractivity contribution in [3.63, 3.8) is 0 Å². The van der Waals surface area contributed by atoms with Crippen molar-refractivity contribution in [2.24, 2.45) is 0 Å². The maximum Gasteiger partial charge on any atom is 0.335 e. The highest BCUT2D eigenvalue weighted by molar-refractivity contribution is 5.88. The summed E-state index contributed by atoms with van der Waals surface area (Å²) in [5, 5.41) is 8.78. The van der Waals surface area contributed by atoms with E-state index in [2.05, 4.69) is 0 Å². The highest BCUT2D eigenvalue weighted by Crippen LogP contribution is 2.19. The first kappa shape index (κ1) is 11.5. The van der Waals surface area contributed by atoms with Crippen LogP contribution in [0.4, 0.5) is 0 Å². The summed E-state index contributed by atoms with van der Waals surface area (Å²) in [6.45, 7) is 4.43. The van der Waals surface area contributed by atoms with Crippen LogP contribution in [-0.4, -0.2) is 24.5 Å². The van der Waals surface area contributed by atoms with E-state index < -0.39 is 5.97 Å². The third-order valence-corrected chi connectivity index (χ3v) is 1.94. The van der Waals surface area contributed by atoms with Gasteiger partial charge >= 0.3 is 5.97 Å². The number of ether oxygens (including phenoxy) is 2. The van der Waals surface area contributed by atoms with Crippen molar-refractivity contribution >= 4 is 5.97 Å². The van der Waals surface area contributed by atoms with Crippen LogP contribution >= 0.6 is 0 Å². The second-order valence-electron chi connectivity index (χ2n) is 3.04. The quantitative estimate of drug-likeness (QED) is 0.597. The average Bonchev–Trinajstić information content (AvgIpc) is 2.20. The number of rotatable bonds is 5. The lowest BCUT2D eigenvalue weighted by molar-refractivity contribution is 0.0218. The molecule has 0 aliphatic rings. The molecule has 0 saturated heterocycles. The van der Waals surface area contributed by atoms with Crippen LogP contribution in [0.15, 0.2) is 18.2 Å². The number of benzene rings is 1. The van der Waals surface area contributed by atoms with Crippen molar-refractivity contribution in [2.45, 2.75) is 13.8 Å². The zero-order valence-electron chi connectivity index (χ0n) is 8.82. The molecule has 0 aromatic heterocycles. The van der Waals surface area contributed by atoms with E-state index in [9.17, 15) is 4.79 Å². The molecule has 1 rings (SSSR count). The number of aromatic carboxylic acids is 1. The Morgan fingerprint density at radius 2 is 2.20 bits per heavy atom. The maximum absolute atomic E-state index is 10.7. The van der Waals surface area contributed by atoms with Crippen molar-refractivity contribution in [3.8, 4) is 5.75 Å². The SMILES string of the molecule is CCOCOc1cc(C(=O)O)ccc1C. The van der Waals surface area contributed by atoms with Gasteiger partial charge in [-0.05, 0) is 31.5 Å². The Morgan fingerprint density at radius 1 is 1.47 bits per heavy atom. The smallest absolute Gasteiger partial charge is 0.335 e. The average molecular weight is 210 g/mol. The van der Waals surface area contributed by atoms with Gasteiger partial charge in [0.15, 0.2) is 6.79 Å². The van der Waals surface area contributed by atoms with Gasteiger partial charge in [0.1, 0.15) is 5.75 Å². The van der Waals surface area contributed by atoms with E-state index in [4.69, 9.17) is 14.6 Å². The summed E-state index contributed by atoms with van der Waals surface area (Å²) in [7, 11) is 0. The lowest BCUT2D eigenvalue weighted by atomic mass is 10.1. The summed E-state index contributed by atoms with van der Waals surface area (Å²) in [6, 6.07) is 4.76. The van der Waals surface area contributed by atoms with Crippen molar-refractivity contribution in [3.05, 3.63) is 29.3 Å². The monoisotopic (exact) mass is 210 g/mol. The number of carboxylic acid groups (broad SMARTS) is 1. The molecule has 1 aromatic carbocycles. The van der Waals surface area contributed by atoms with Crippen LogP contribution in [-0.2, 0) is 4.74 Å². The first-order valence-electron chi connectivity index (χ1n) is 4.69. The van der Waals surface area contributed by atoms with Crippen molar-refractivity contribution in [2.75, 3.05) is 13.4 Å². The van der Waals surface area contributed by atoms with Crippen LogP contribution in [0.2, 0.25) is 0 Å². The minimum absolute atomic E-state index is 0.139. The summed E-state index contributed by atoms with van der Waals surface area (Å²) < 4.78 is 10.3. The number of carbonyl (C=O) groups is 1. The van der Waals surface area contributed by atoms with Crippen LogP contribution in [0.1, 0.15) is 22.8 Å².